The predicted octanol–water partition coefficient (Wildman–Crippen LogP) is 3.31. The van der Waals surface area contributed by atoms with Crippen molar-refractivity contribution in [1.82, 2.24) is 14.9 Å². The van der Waals surface area contributed by atoms with Gasteiger partial charge in [-0.1, -0.05) is 11.6 Å². The number of hydrogen-bond acceptors (Lipinski definition) is 4. The van der Waals surface area contributed by atoms with Gasteiger partial charge in [0.2, 0.25) is 0 Å². The van der Waals surface area contributed by atoms with Crippen LogP contribution in [0.5, 0.6) is 0 Å². The molecule has 1 N–H and O–H groups in total. The quantitative estimate of drug-likeness (QED) is 0.882. The van der Waals surface area contributed by atoms with Gasteiger partial charge in [0, 0.05) is 29.4 Å². The molecule has 5 heteroatoms. The van der Waals surface area contributed by atoms with Crippen LogP contribution in [0.1, 0.15) is 24.2 Å². The van der Waals surface area contributed by atoms with Gasteiger partial charge in [0.05, 0.1) is 11.8 Å². The Morgan fingerprint density at radius 2 is 1.96 bits per heavy atom. The number of nitrogens with zero attached hydrogens (tertiary/aromatic N) is 3. The molecule has 1 aromatic carbocycles. The molecule has 1 aromatic heterocycles. The summed E-state index contributed by atoms with van der Waals surface area (Å²) in [4.78, 5) is 11.3. The van der Waals surface area contributed by atoms with E-state index in [2.05, 4.69) is 14.9 Å². The van der Waals surface area contributed by atoms with Gasteiger partial charge in [-0.15, -0.1) is 0 Å². The van der Waals surface area contributed by atoms with E-state index < -0.39 is 0 Å². The van der Waals surface area contributed by atoms with Crippen molar-refractivity contribution in [3.05, 3.63) is 46.7 Å². The van der Waals surface area contributed by atoms with Gasteiger partial charge in [0.25, 0.3) is 0 Å². The van der Waals surface area contributed by atoms with Crippen LogP contribution in [0, 0.1) is 12.8 Å². The topological polar surface area (TPSA) is 49.2 Å². The summed E-state index contributed by atoms with van der Waals surface area (Å²) in [6.07, 6.45) is 2.09. The molecule has 1 atom stereocenters. The van der Waals surface area contributed by atoms with Gasteiger partial charge in [-0.3, -0.25) is 4.90 Å². The first-order chi connectivity index (χ1) is 11.0. The number of benzene rings is 1. The second-order valence-corrected chi connectivity index (χ2v) is 6.87. The number of hydrogen-bond donors (Lipinski definition) is 1. The summed E-state index contributed by atoms with van der Waals surface area (Å²) in [7, 11) is 2.02. The zero-order valence-electron chi connectivity index (χ0n) is 13.5. The molecule has 0 amide bonds. The Morgan fingerprint density at radius 3 is 2.61 bits per heavy atom. The molecule has 1 saturated carbocycles. The first-order valence-corrected chi connectivity index (χ1v) is 8.36. The van der Waals surface area contributed by atoms with Crippen molar-refractivity contribution >= 4 is 11.6 Å². The van der Waals surface area contributed by atoms with Crippen LogP contribution in [-0.2, 0) is 6.54 Å². The van der Waals surface area contributed by atoms with E-state index in [0.717, 1.165) is 29.8 Å². The molecular formula is C18H22ClN3O. The maximum absolute atomic E-state index is 10.1. The standard InChI is InChI=1S/C18H22ClN3O/c1-12-9-16(10-22(2)11-17(23)13-3-4-13)21-18(20-12)14-5-7-15(19)8-6-14/h5-9,13,17,23H,3-4,10-11H2,1-2H3. The molecule has 0 spiro atoms. The van der Waals surface area contributed by atoms with Crippen LogP contribution < -0.4 is 0 Å². The first-order valence-electron chi connectivity index (χ1n) is 7.98. The van der Waals surface area contributed by atoms with Crippen LogP contribution >= 0.6 is 11.6 Å². The van der Waals surface area contributed by atoms with Crippen molar-refractivity contribution in [3.63, 3.8) is 0 Å². The third-order valence-corrected chi connectivity index (χ3v) is 4.36. The minimum Gasteiger partial charge on any atom is -0.392 e. The van der Waals surface area contributed by atoms with Crippen LogP contribution in [0.3, 0.4) is 0 Å². The van der Waals surface area contributed by atoms with Crippen LogP contribution in [-0.4, -0.2) is 39.7 Å². The van der Waals surface area contributed by atoms with Gasteiger partial charge in [-0.2, -0.15) is 0 Å². The average molecular weight is 332 g/mol. The number of aliphatic hydroxyl groups is 1. The van der Waals surface area contributed by atoms with E-state index in [-0.39, 0.29) is 6.10 Å². The molecular weight excluding hydrogens is 310 g/mol. The van der Waals surface area contributed by atoms with E-state index in [1.54, 1.807) is 0 Å². The number of aryl methyl sites for hydroxylation is 1. The molecule has 0 saturated heterocycles. The van der Waals surface area contributed by atoms with Gasteiger partial charge >= 0.3 is 0 Å². The maximum Gasteiger partial charge on any atom is 0.159 e. The monoisotopic (exact) mass is 331 g/mol. The number of aromatic nitrogens is 2. The van der Waals surface area contributed by atoms with Crippen LogP contribution in [0.15, 0.2) is 30.3 Å². The fourth-order valence-electron chi connectivity index (χ4n) is 2.73. The normalized spacial score (nSPS) is 15.9. The lowest BCUT2D eigenvalue weighted by atomic mass is 10.2. The Morgan fingerprint density at radius 1 is 1.26 bits per heavy atom. The van der Waals surface area contributed by atoms with Crippen molar-refractivity contribution < 1.29 is 5.11 Å². The summed E-state index contributed by atoms with van der Waals surface area (Å²) >= 11 is 5.94. The Bertz CT molecular complexity index is 670. The largest absolute Gasteiger partial charge is 0.392 e. The lowest BCUT2D eigenvalue weighted by Crippen LogP contribution is -2.30. The van der Waals surface area contributed by atoms with Crippen molar-refractivity contribution in [1.29, 1.82) is 0 Å². The number of likely N-dealkylation sites (N-methyl/N-ethyl adjacent to an activating group) is 1. The van der Waals surface area contributed by atoms with E-state index in [0.29, 0.717) is 29.9 Å². The molecule has 1 heterocycles. The van der Waals surface area contributed by atoms with Gasteiger partial charge in [0.15, 0.2) is 5.82 Å². The van der Waals surface area contributed by atoms with Crippen molar-refractivity contribution in [2.24, 2.45) is 5.92 Å². The number of aliphatic hydroxyl groups excluding tert-OH is 1. The predicted molar refractivity (Wildman–Crippen MR) is 92.3 cm³/mol. The second-order valence-electron chi connectivity index (χ2n) is 6.43. The Hall–Kier alpha value is -1.49. The van der Waals surface area contributed by atoms with E-state index >= 15 is 0 Å². The molecule has 0 bridgehead atoms. The average Bonchev–Trinajstić information content (AvgIpc) is 3.31. The van der Waals surface area contributed by atoms with Gasteiger partial charge < -0.3 is 5.11 Å². The molecule has 0 radical (unpaired) electrons. The fourth-order valence-corrected chi connectivity index (χ4v) is 2.86. The molecule has 23 heavy (non-hydrogen) atoms. The number of rotatable bonds is 6. The van der Waals surface area contributed by atoms with Crippen LogP contribution in [0.25, 0.3) is 11.4 Å². The number of halogens is 1. The molecule has 1 unspecified atom stereocenters. The summed E-state index contributed by atoms with van der Waals surface area (Å²) in [5.41, 5.74) is 2.86. The Labute approximate surface area is 142 Å². The highest BCUT2D eigenvalue weighted by molar-refractivity contribution is 6.30. The third kappa shape index (κ3) is 4.50. The highest BCUT2D eigenvalue weighted by Crippen LogP contribution is 2.32. The lowest BCUT2D eigenvalue weighted by molar-refractivity contribution is 0.104. The smallest absolute Gasteiger partial charge is 0.159 e. The highest BCUT2D eigenvalue weighted by atomic mass is 35.5. The molecule has 122 valence electrons. The lowest BCUT2D eigenvalue weighted by Gasteiger charge is -2.20. The summed E-state index contributed by atoms with van der Waals surface area (Å²) in [6.45, 7) is 3.36. The summed E-state index contributed by atoms with van der Waals surface area (Å²) in [5, 5.41) is 10.8. The molecule has 1 aliphatic carbocycles. The second kappa shape index (κ2) is 6.95. The van der Waals surface area contributed by atoms with Crippen molar-refractivity contribution in [2.45, 2.75) is 32.4 Å². The summed E-state index contributed by atoms with van der Waals surface area (Å²) in [6, 6.07) is 9.56. The van der Waals surface area contributed by atoms with E-state index in [1.165, 1.54) is 0 Å². The third-order valence-electron chi connectivity index (χ3n) is 4.11. The Balaban J connectivity index is 1.73. The SMILES string of the molecule is Cc1cc(CN(C)CC(O)C2CC2)nc(-c2ccc(Cl)cc2)n1. The van der Waals surface area contributed by atoms with Crippen molar-refractivity contribution in [3.8, 4) is 11.4 Å². The van der Waals surface area contributed by atoms with Gasteiger partial charge in [0.1, 0.15) is 0 Å². The van der Waals surface area contributed by atoms with Crippen molar-refractivity contribution in [2.75, 3.05) is 13.6 Å². The van der Waals surface area contributed by atoms with Crippen LogP contribution in [0.4, 0.5) is 0 Å². The maximum atomic E-state index is 10.1. The molecule has 4 nitrogen and oxygen atoms in total. The molecule has 0 aliphatic heterocycles. The van der Waals surface area contributed by atoms with E-state index in [1.807, 2.05) is 44.3 Å². The molecule has 1 aliphatic rings. The van der Waals surface area contributed by atoms with E-state index in [9.17, 15) is 5.11 Å². The first kappa shape index (κ1) is 16.4. The summed E-state index contributed by atoms with van der Waals surface area (Å²) < 4.78 is 0. The van der Waals surface area contributed by atoms with E-state index in [4.69, 9.17) is 11.6 Å². The van der Waals surface area contributed by atoms with Gasteiger partial charge in [-0.25, -0.2) is 9.97 Å². The molecule has 2 aromatic rings. The Kier molecular flexibility index (Phi) is 4.95. The minimum atomic E-state index is -0.223. The van der Waals surface area contributed by atoms with Gasteiger partial charge in [-0.05, 0) is 63.1 Å². The fraction of sp³-hybridized carbons (Fsp3) is 0.444. The molecule has 3 rings (SSSR count). The molecule has 1 fully saturated rings. The van der Waals surface area contributed by atoms with Crippen LogP contribution in [0.2, 0.25) is 5.02 Å². The minimum absolute atomic E-state index is 0.223. The highest BCUT2D eigenvalue weighted by Gasteiger charge is 2.30. The zero-order chi connectivity index (χ0) is 16.4. The zero-order valence-corrected chi connectivity index (χ0v) is 14.3. The summed E-state index contributed by atoms with van der Waals surface area (Å²) in [5.74, 6) is 1.21.